The molecule has 1 atom stereocenters. The summed E-state index contributed by atoms with van der Waals surface area (Å²) in [6, 6.07) is 12.4. The van der Waals surface area contributed by atoms with Crippen molar-refractivity contribution in [2.45, 2.75) is 58.5 Å². The van der Waals surface area contributed by atoms with Crippen molar-refractivity contribution >= 4 is 29.2 Å². The number of benzene rings is 2. The van der Waals surface area contributed by atoms with E-state index in [9.17, 15) is 14.4 Å². The standard InChI is InChI=1S/C30H38N4O7/c1-8-30(3,4)32-29(37)27(20-12-11-15-23(39-6)28(20)40-7)34(21-13-9-10-14-22(21)38-5)26(36)17-16-25(35)31-24-18-19(2)41-33-24/h9-15,18,27H,8,16-17H2,1-7H3,(H,32,37)(H,31,33,35)/t27-/m1/s1. The molecule has 0 fully saturated rings. The summed E-state index contributed by atoms with van der Waals surface area (Å²) >= 11 is 0. The van der Waals surface area contributed by atoms with Gasteiger partial charge in [0.2, 0.25) is 17.7 Å². The average molecular weight is 567 g/mol. The summed E-state index contributed by atoms with van der Waals surface area (Å²) < 4.78 is 21.8. The van der Waals surface area contributed by atoms with Gasteiger partial charge in [0.1, 0.15) is 17.6 Å². The Morgan fingerprint density at radius 1 is 0.976 bits per heavy atom. The van der Waals surface area contributed by atoms with Crippen LogP contribution in [0.15, 0.2) is 53.1 Å². The second-order valence-corrected chi connectivity index (χ2v) is 10.0. The van der Waals surface area contributed by atoms with Gasteiger partial charge < -0.3 is 29.4 Å². The molecule has 0 aliphatic rings. The molecule has 0 aliphatic heterocycles. The number of nitrogens with one attached hydrogen (secondary N) is 2. The van der Waals surface area contributed by atoms with E-state index in [0.717, 1.165) is 0 Å². The second kappa shape index (κ2) is 13.7. The molecule has 1 aromatic heterocycles. The molecular weight excluding hydrogens is 528 g/mol. The lowest BCUT2D eigenvalue weighted by molar-refractivity contribution is -0.128. The van der Waals surface area contributed by atoms with Gasteiger partial charge in [0.15, 0.2) is 17.3 Å². The summed E-state index contributed by atoms with van der Waals surface area (Å²) in [6.45, 7) is 7.46. The van der Waals surface area contributed by atoms with Crippen LogP contribution >= 0.6 is 0 Å². The molecule has 3 rings (SSSR count). The van der Waals surface area contributed by atoms with Gasteiger partial charge >= 0.3 is 0 Å². The normalized spacial score (nSPS) is 11.8. The highest BCUT2D eigenvalue weighted by Crippen LogP contribution is 2.41. The number of carbonyl (C=O) groups excluding carboxylic acids is 3. The van der Waals surface area contributed by atoms with Gasteiger partial charge in [-0.25, -0.2) is 0 Å². The minimum absolute atomic E-state index is 0.166. The molecule has 3 amide bonds. The molecule has 220 valence electrons. The van der Waals surface area contributed by atoms with Crippen LogP contribution in [0.5, 0.6) is 17.2 Å². The minimum Gasteiger partial charge on any atom is -0.495 e. The average Bonchev–Trinajstić information content (AvgIpc) is 3.37. The molecule has 0 saturated heterocycles. The Morgan fingerprint density at radius 3 is 2.27 bits per heavy atom. The van der Waals surface area contributed by atoms with Crippen LogP contribution in [0, 0.1) is 6.92 Å². The van der Waals surface area contributed by atoms with E-state index < -0.39 is 29.3 Å². The molecule has 0 radical (unpaired) electrons. The number of hydrogen-bond donors (Lipinski definition) is 2. The van der Waals surface area contributed by atoms with Crippen LogP contribution in [0.3, 0.4) is 0 Å². The zero-order valence-electron chi connectivity index (χ0n) is 24.6. The van der Waals surface area contributed by atoms with Crippen LogP contribution in [0.2, 0.25) is 0 Å². The number of nitrogens with zero attached hydrogens (tertiary/aromatic N) is 2. The fourth-order valence-electron chi connectivity index (χ4n) is 4.23. The Kier molecular flexibility index (Phi) is 10.3. The van der Waals surface area contributed by atoms with Gasteiger partial charge in [-0.15, -0.1) is 0 Å². The number of hydrogen-bond acceptors (Lipinski definition) is 8. The Morgan fingerprint density at radius 2 is 1.66 bits per heavy atom. The largest absolute Gasteiger partial charge is 0.495 e. The number of amides is 3. The molecule has 0 unspecified atom stereocenters. The van der Waals surface area contributed by atoms with Crippen LogP contribution in [0.25, 0.3) is 0 Å². The quantitative estimate of drug-likeness (QED) is 0.301. The van der Waals surface area contributed by atoms with Gasteiger partial charge in [-0.05, 0) is 45.4 Å². The first-order valence-electron chi connectivity index (χ1n) is 13.3. The highest BCUT2D eigenvalue weighted by atomic mass is 16.5. The van der Waals surface area contributed by atoms with Gasteiger partial charge in [0.05, 0.1) is 27.0 Å². The van der Waals surface area contributed by atoms with Gasteiger partial charge in [0, 0.05) is 30.0 Å². The maximum atomic E-state index is 14.1. The molecule has 0 spiro atoms. The number of ether oxygens (including phenoxy) is 3. The molecule has 0 saturated carbocycles. The lowest BCUT2D eigenvalue weighted by Crippen LogP contribution is -2.50. The summed E-state index contributed by atoms with van der Waals surface area (Å²) in [4.78, 5) is 42.3. The van der Waals surface area contributed by atoms with Gasteiger partial charge in [-0.1, -0.05) is 36.3 Å². The van der Waals surface area contributed by atoms with E-state index in [-0.39, 0.29) is 18.7 Å². The van der Waals surface area contributed by atoms with E-state index in [1.54, 1.807) is 55.5 Å². The van der Waals surface area contributed by atoms with E-state index in [1.807, 2.05) is 20.8 Å². The van der Waals surface area contributed by atoms with Crippen molar-refractivity contribution in [1.82, 2.24) is 10.5 Å². The van der Waals surface area contributed by atoms with E-state index in [2.05, 4.69) is 15.8 Å². The number of methoxy groups -OCH3 is 3. The summed E-state index contributed by atoms with van der Waals surface area (Å²) in [6.07, 6.45) is 0.263. The zero-order valence-corrected chi connectivity index (χ0v) is 24.6. The van der Waals surface area contributed by atoms with Gasteiger partial charge in [0.25, 0.3) is 0 Å². The Bertz CT molecular complexity index is 1370. The van der Waals surface area contributed by atoms with Gasteiger partial charge in [-0.2, -0.15) is 0 Å². The van der Waals surface area contributed by atoms with Crippen LogP contribution in [-0.2, 0) is 14.4 Å². The molecule has 0 bridgehead atoms. The zero-order chi connectivity index (χ0) is 30.2. The van der Waals surface area contributed by atoms with E-state index in [4.69, 9.17) is 18.7 Å². The summed E-state index contributed by atoms with van der Waals surface area (Å²) in [5.41, 5.74) is 0.178. The topological polar surface area (TPSA) is 132 Å². The maximum Gasteiger partial charge on any atom is 0.248 e. The van der Waals surface area contributed by atoms with Crippen molar-refractivity contribution in [3.63, 3.8) is 0 Å². The number of aromatic nitrogens is 1. The number of rotatable bonds is 13. The van der Waals surface area contributed by atoms with Crippen molar-refractivity contribution in [3.8, 4) is 17.2 Å². The fraction of sp³-hybridized carbons (Fsp3) is 0.400. The SMILES string of the molecule is CCC(C)(C)NC(=O)[C@@H](c1cccc(OC)c1OC)N(C(=O)CCC(=O)Nc1cc(C)on1)c1ccccc1OC. The molecule has 11 nitrogen and oxygen atoms in total. The highest BCUT2D eigenvalue weighted by Gasteiger charge is 2.38. The third-order valence-electron chi connectivity index (χ3n) is 6.65. The van der Waals surface area contributed by atoms with E-state index in [1.165, 1.54) is 26.2 Å². The van der Waals surface area contributed by atoms with Gasteiger partial charge in [-0.3, -0.25) is 19.3 Å². The third-order valence-corrected chi connectivity index (χ3v) is 6.65. The summed E-state index contributed by atoms with van der Waals surface area (Å²) in [7, 11) is 4.45. The van der Waals surface area contributed by atoms with Crippen LogP contribution in [0.1, 0.15) is 57.4 Å². The van der Waals surface area contributed by atoms with Crippen molar-refractivity contribution < 1.29 is 33.1 Å². The molecule has 41 heavy (non-hydrogen) atoms. The van der Waals surface area contributed by atoms with Crippen molar-refractivity contribution in [2.75, 3.05) is 31.5 Å². The van der Waals surface area contributed by atoms with Crippen LogP contribution in [-0.4, -0.2) is 49.7 Å². The first kappa shape index (κ1) is 31.0. The Labute approximate surface area is 240 Å². The third kappa shape index (κ3) is 7.56. The smallest absolute Gasteiger partial charge is 0.248 e. The fourth-order valence-corrected chi connectivity index (χ4v) is 4.23. The first-order valence-corrected chi connectivity index (χ1v) is 13.3. The maximum absolute atomic E-state index is 14.1. The predicted octanol–water partition coefficient (Wildman–Crippen LogP) is 4.81. The lowest BCUT2D eigenvalue weighted by atomic mass is 9.97. The van der Waals surface area contributed by atoms with Crippen molar-refractivity contribution in [3.05, 3.63) is 59.9 Å². The first-order chi connectivity index (χ1) is 19.5. The number of para-hydroxylation sites is 3. The molecule has 2 aromatic carbocycles. The van der Waals surface area contributed by atoms with Crippen LogP contribution in [0.4, 0.5) is 11.5 Å². The second-order valence-electron chi connectivity index (χ2n) is 10.0. The summed E-state index contributed by atoms with van der Waals surface area (Å²) in [5.74, 6) is 0.502. The minimum atomic E-state index is -1.20. The number of anilines is 2. The van der Waals surface area contributed by atoms with Crippen LogP contribution < -0.4 is 29.7 Å². The Balaban J connectivity index is 2.11. The molecular formula is C30H38N4O7. The molecule has 1 heterocycles. The number of aryl methyl sites for hydroxylation is 1. The highest BCUT2D eigenvalue weighted by molar-refractivity contribution is 6.04. The lowest BCUT2D eigenvalue weighted by Gasteiger charge is -2.35. The van der Waals surface area contributed by atoms with E-state index in [0.29, 0.717) is 40.7 Å². The molecule has 0 aliphatic carbocycles. The molecule has 3 aromatic rings. The summed E-state index contributed by atoms with van der Waals surface area (Å²) in [5, 5.41) is 9.45. The Hall–Kier alpha value is -4.54. The monoisotopic (exact) mass is 566 g/mol. The number of carbonyl (C=O) groups is 3. The van der Waals surface area contributed by atoms with Crippen molar-refractivity contribution in [2.24, 2.45) is 0 Å². The van der Waals surface area contributed by atoms with Crippen molar-refractivity contribution in [1.29, 1.82) is 0 Å². The predicted molar refractivity (Wildman–Crippen MR) is 154 cm³/mol. The van der Waals surface area contributed by atoms with E-state index >= 15 is 0 Å². The molecule has 11 heteroatoms. The molecule has 2 N–H and O–H groups in total.